The number of nitrogens with zero attached hydrogens (tertiary/aromatic N) is 2. The van der Waals surface area contributed by atoms with Crippen LogP contribution in [-0.4, -0.2) is 35.0 Å². The second kappa shape index (κ2) is 6.12. The molecule has 110 valence electrons. The van der Waals surface area contributed by atoms with E-state index in [1.54, 1.807) is 6.92 Å². The lowest BCUT2D eigenvalue weighted by molar-refractivity contribution is -0.385. The smallest absolute Gasteiger partial charge is 0.330 e. The third-order valence-electron chi connectivity index (χ3n) is 2.93. The maximum absolute atomic E-state index is 12.3. The van der Waals surface area contributed by atoms with E-state index in [2.05, 4.69) is 10.5 Å². The Balaban J connectivity index is 2.16. The number of nitrogens with one attached hydrogen (secondary N) is 1. The van der Waals surface area contributed by atoms with Crippen molar-refractivity contribution in [2.45, 2.75) is 19.4 Å². The molecule has 1 N–H and O–H groups in total. The summed E-state index contributed by atoms with van der Waals surface area (Å²) in [5.74, 6) is -1.08. The van der Waals surface area contributed by atoms with Crippen LogP contribution in [0.5, 0.6) is 0 Å². The number of hydrogen-bond donors (Lipinski definition) is 1. The van der Waals surface area contributed by atoms with Gasteiger partial charge in [-0.25, -0.2) is 4.79 Å². The zero-order valence-electron chi connectivity index (χ0n) is 11.2. The lowest BCUT2D eigenvalue weighted by Crippen LogP contribution is -2.32. The Kier molecular flexibility index (Phi) is 4.27. The Morgan fingerprint density at radius 1 is 1.48 bits per heavy atom. The molecule has 1 aliphatic rings. The Morgan fingerprint density at radius 2 is 2.19 bits per heavy atom. The van der Waals surface area contributed by atoms with E-state index in [1.807, 2.05) is 0 Å². The van der Waals surface area contributed by atoms with Crippen LogP contribution >= 0.6 is 0 Å². The van der Waals surface area contributed by atoms with Gasteiger partial charge >= 0.3 is 5.97 Å². The number of carbonyl (C=O) groups excluding carboxylic acids is 2. The molecule has 21 heavy (non-hydrogen) atoms. The van der Waals surface area contributed by atoms with Crippen molar-refractivity contribution in [2.24, 2.45) is 5.10 Å². The minimum atomic E-state index is -0.730. The molecule has 0 radical (unpaired) electrons. The molecule has 0 fully saturated rings. The summed E-state index contributed by atoms with van der Waals surface area (Å²) in [7, 11) is 0. The van der Waals surface area contributed by atoms with Crippen LogP contribution in [0.15, 0.2) is 29.4 Å². The number of nitro groups is 1. The number of ketones is 1. The van der Waals surface area contributed by atoms with Gasteiger partial charge in [-0.1, -0.05) is 12.1 Å². The topological polar surface area (TPSA) is 111 Å². The van der Waals surface area contributed by atoms with E-state index < -0.39 is 22.7 Å². The minimum absolute atomic E-state index is 0.0454. The molecule has 1 atom stereocenters. The van der Waals surface area contributed by atoms with Crippen molar-refractivity contribution in [2.75, 3.05) is 6.61 Å². The van der Waals surface area contributed by atoms with E-state index in [1.165, 1.54) is 24.3 Å². The number of carbonyl (C=O) groups is 2. The summed E-state index contributed by atoms with van der Waals surface area (Å²) in [6.07, 6.45) is 0.0454. The SMILES string of the molecule is CCOC(=O)C1CC(C(=O)c2ccccc2[N+](=O)[O-])=NN1. The van der Waals surface area contributed by atoms with E-state index in [0.29, 0.717) is 0 Å². The first-order valence-corrected chi connectivity index (χ1v) is 6.31. The fraction of sp³-hybridized carbons (Fsp3) is 0.308. The first kappa shape index (κ1) is 14.6. The van der Waals surface area contributed by atoms with Crippen molar-refractivity contribution in [3.05, 3.63) is 39.9 Å². The Hall–Kier alpha value is -2.77. The molecule has 0 spiro atoms. The van der Waals surface area contributed by atoms with Crippen molar-refractivity contribution in [3.8, 4) is 0 Å². The van der Waals surface area contributed by atoms with E-state index in [0.717, 1.165) is 0 Å². The van der Waals surface area contributed by atoms with Crippen molar-refractivity contribution in [1.29, 1.82) is 0 Å². The van der Waals surface area contributed by atoms with Gasteiger partial charge < -0.3 is 4.74 Å². The number of Topliss-reactive ketones (excluding diaryl/α,β-unsaturated/α-hetero) is 1. The molecule has 1 aromatic rings. The third kappa shape index (κ3) is 3.04. The summed E-state index contributed by atoms with van der Waals surface area (Å²) in [5.41, 5.74) is 2.25. The number of esters is 1. The highest BCUT2D eigenvalue weighted by Gasteiger charge is 2.32. The summed E-state index contributed by atoms with van der Waals surface area (Å²) >= 11 is 0. The van der Waals surface area contributed by atoms with Gasteiger partial charge in [-0.15, -0.1) is 0 Å². The largest absolute Gasteiger partial charge is 0.464 e. The van der Waals surface area contributed by atoms with Crippen LogP contribution in [0.25, 0.3) is 0 Å². The number of para-hydroxylation sites is 1. The molecule has 2 rings (SSSR count). The second-order valence-electron chi connectivity index (χ2n) is 4.30. The number of nitro benzene ring substituents is 1. The van der Waals surface area contributed by atoms with Crippen LogP contribution in [-0.2, 0) is 9.53 Å². The van der Waals surface area contributed by atoms with Crippen LogP contribution in [0.4, 0.5) is 5.69 Å². The molecule has 0 aliphatic carbocycles. The lowest BCUT2D eigenvalue weighted by Gasteiger charge is -2.07. The van der Waals surface area contributed by atoms with Crippen LogP contribution in [0, 0.1) is 10.1 Å². The van der Waals surface area contributed by atoms with Gasteiger partial charge in [-0.2, -0.15) is 5.10 Å². The van der Waals surface area contributed by atoms with Gasteiger partial charge in [-0.05, 0) is 13.0 Å². The van der Waals surface area contributed by atoms with Crippen molar-refractivity contribution in [1.82, 2.24) is 5.43 Å². The fourth-order valence-electron chi connectivity index (χ4n) is 1.94. The lowest BCUT2D eigenvalue weighted by atomic mass is 10.0. The van der Waals surface area contributed by atoms with Gasteiger partial charge in [0.1, 0.15) is 17.3 Å². The standard InChI is InChI=1S/C13H13N3O5/c1-2-21-13(18)10-7-9(14-15-10)12(17)8-5-3-4-6-11(8)16(19)20/h3-6,10,15H,2,7H2,1H3. The van der Waals surface area contributed by atoms with Crippen molar-refractivity contribution in [3.63, 3.8) is 0 Å². The molecule has 0 bridgehead atoms. The van der Waals surface area contributed by atoms with Gasteiger partial charge in [0.2, 0.25) is 5.78 Å². The molecule has 0 saturated heterocycles. The number of benzene rings is 1. The van der Waals surface area contributed by atoms with E-state index in [9.17, 15) is 19.7 Å². The zero-order valence-corrected chi connectivity index (χ0v) is 11.2. The van der Waals surface area contributed by atoms with Gasteiger partial charge in [0.25, 0.3) is 5.69 Å². The highest BCUT2D eigenvalue weighted by atomic mass is 16.6. The average Bonchev–Trinajstić information content (AvgIpc) is 2.96. The highest BCUT2D eigenvalue weighted by Crippen LogP contribution is 2.20. The van der Waals surface area contributed by atoms with E-state index >= 15 is 0 Å². The van der Waals surface area contributed by atoms with Gasteiger partial charge in [0, 0.05) is 12.5 Å². The van der Waals surface area contributed by atoms with E-state index in [-0.39, 0.29) is 30.0 Å². The zero-order chi connectivity index (χ0) is 15.4. The quantitative estimate of drug-likeness (QED) is 0.376. The second-order valence-corrected chi connectivity index (χ2v) is 4.30. The number of ether oxygens (including phenoxy) is 1. The molecule has 1 unspecified atom stereocenters. The van der Waals surface area contributed by atoms with Crippen LogP contribution in [0.2, 0.25) is 0 Å². The molecule has 0 amide bonds. The van der Waals surface area contributed by atoms with Crippen molar-refractivity contribution < 1.29 is 19.2 Å². The molecular weight excluding hydrogens is 278 g/mol. The normalized spacial score (nSPS) is 16.8. The first-order valence-electron chi connectivity index (χ1n) is 6.31. The molecule has 1 aromatic carbocycles. The summed E-state index contributed by atoms with van der Waals surface area (Å²) in [6, 6.07) is 4.89. The Bertz CT molecular complexity index is 626. The van der Waals surface area contributed by atoms with Gasteiger partial charge in [0.05, 0.1) is 11.5 Å². The predicted molar refractivity (Wildman–Crippen MR) is 73.0 cm³/mol. The molecule has 0 aromatic heterocycles. The summed E-state index contributed by atoms with van der Waals surface area (Å²) < 4.78 is 4.83. The minimum Gasteiger partial charge on any atom is -0.464 e. The Labute approximate surface area is 119 Å². The maximum atomic E-state index is 12.3. The number of hydrogen-bond acceptors (Lipinski definition) is 7. The maximum Gasteiger partial charge on any atom is 0.330 e. The molecule has 0 saturated carbocycles. The van der Waals surface area contributed by atoms with E-state index in [4.69, 9.17) is 4.74 Å². The molecule has 1 aliphatic heterocycles. The number of rotatable bonds is 5. The predicted octanol–water partition coefficient (Wildman–Crippen LogP) is 1.06. The van der Waals surface area contributed by atoms with Crippen LogP contribution < -0.4 is 5.43 Å². The molecule has 8 heteroatoms. The molecule has 8 nitrogen and oxygen atoms in total. The molecule has 1 heterocycles. The summed E-state index contributed by atoms with van der Waals surface area (Å²) in [4.78, 5) is 34.1. The van der Waals surface area contributed by atoms with Gasteiger partial charge in [-0.3, -0.25) is 20.3 Å². The fourth-order valence-corrected chi connectivity index (χ4v) is 1.94. The molecular formula is C13H13N3O5. The summed E-state index contributed by atoms with van der Waals surface area (Å²) in [6.45, 7) is 1.90. The highest BCUT2D eigenvalue weighted by molar-refractivity contribution is 6.47. The van der Waals surface area contributed by atoms with Crippen LogP contribution in [0.1, 0.15) is 23.7 Å². The summed E-state index contributed by atoms with van der Waals surface area (Å²) in [5, 5.41) is 14.7. The third-order valence-corrected chi connectivity index (χ3v) is 2.93. The van der Waals surface area contributed by atoms with Gasteiger partial charge in [0.15, 0.2) is 0 Å². The number of hydrazone groups is 1. The van der Waals surface area contributed by atoms with Crippen molar-refractivity contribution >= 4 is 23.2 Å². The monoisotopic (exact) mass is 291 g/mol. The Morgan fingerprint density at radius 3 is 2.86 bits per heavy atom. The van der Waals surface area contributed by atoms with Crippen LogP contribution in [0.3, 0.4) is 0 Å². The first-order chi connectivity index (χ1) is 10.0. The average molecular weight is 291 g/mol.